The quantitative estimate of drug-likeness (QED) is 0.394. The zero-order chi connectivity index (χ0) is 23.8. The van der Waals surface area contributed by atoms with Crippen molar-refractivity contribution in [1.29, 1.82) is 0 Å². The largest absolute Gasteiger partial charge is 0.494 e. The summed E-state index contributed by atoms with van der Waals surface area (Å²) < 4.78 is 45.6. The van der Waals surface area contributed by atoms with Gasteiger partial charge in [-0.3, -0.25) is 4.79 Å². The standard InChI is InChI=1S/C24H26F3N3O3/c1-2-5-21-18(16-30(29-21)22-12-9-19(15-28-22)24(25,26)27)6-3-4-13-33-20-10-7-17(8-11-20)14-23(31)32/h7-12,15-16H,2-6,13-14H2,1H3,(H,31,32). The molecule has 0 atom stereocenters. The van der Waals surface area contributed by atoms with E-state index in [2.05, 4.69) is 17.0 Å². The molecule has 2 heterocycles. The maximum Gasteiger partial charge on any atom is 0.417 e. The van der Waals surface area contributed by atoms with Gasteiger partial charge in [0.25, 0.3) is 0 Å². The zero-order valence-electron chi connectivity index (χ0n) is 18.3. The van der Waals surface area contributed by atoms with Gasteiger partial charge in [-0.2, -0.15) is 18.3 Å². The number of carboxylic acids is 1. The van der Waals surface area contributed by atoms with Crippen LogP contribution in [0.25, 0.3) is 5.82 Å². The molecule has 0 spiro atoms. The average Bonchev–Trinajstić information content (AvgIpc) is 3.17. The Morgan fingerprint density at radius 2 is 1.85 bits per heavy atom. The molecule has 3 aromatic rings. The van der Waals surface area contributed by atoms with E-state index in [1.54, 1.807) is 24.3 Å². The second kappa shape index (κ2) is 11.0. The van der Waals surface area contributed by atoms with E-state index < -0.39 is 17.7 Å². The second-order valence-electron chi connectivity index (χ2n) is 7.72. The predicted molar refractivity (Wildman–Crippen MR) is 117 cm³/mol. The van der Waals surface area contributed by atoms with Gasteiger partial charge in [-0.15, -0.1) is 0 Å². The molecule has 0 aliphatic rings. The fourth-order valence-corrected chi connectivity index (χ4v) is 3.39. The number of ether oxygens (including phenoxy) is 1. The smallest absolute Gasteiger partial charge is 0.417 e. The Morgan fingerprint density at radius 1 is 1.09 bits per heavy atom. The van der Waals surface area contributed by atoms with E-state index in [4.69, 9.17) is 9.84 Å². The van der Waals surface area contributed by atoms with E-state index in [1.807, 2.05) is 6.20 Å². The maximum atomic E-state index is 12.8. The second-order valence-corrected chi connectivity index (χ2v) is 7.72. The highest BCUT2D eigenvalue weighted by atomic mass is 19.4. The number of unbranched alkanes of at least 4 members (excludes halogenated alkanes) is 1. The fraction of sp³-hybridized carbons (Fsp3) is 0.375. The summed E-state index contributed by atoms with van der Waals surface area (Å²) in [6.07, 6.45) is 2.35. The van der Waals surface area contributed by atoms with Gasteiger partial charge in [-0.25, -0.2) is 9.67 Å². The normalized spacial score (nSPS) is 11.5. The first-order valence-corrected chi connectivity index (χ1v) is 10.8. The molecule has 1 aromatic carbocycles. The molecular weight excluding hydrogens is 435 g/mol. The van der Waals surface area contributed by atoms with Crippen molar-refractivity contribution in [3.63, 3.8) is 0 Å². The lowest BCUT2D eigenvalue weighted by Crippen LogP contribution is -2.07. The van der Waals surface area contributed by atoms with E-state index in [0.717, 1.165) is 61.2 Å². The summed E-state index contributed by atoms with van der Waals surface area (Å²) in [6.45, 7) is 2.57. The molecule has 176 valence electrons. The monoisotopic (exact) mass is 461 g/mol. The van der Waals surface area contributed by atoms with Crippen LogP contribution >= 0.6 is 0 Å². The number of benzene rings is 1. The molecule has 33 heavy (non-hydrogen) atoms. The van der Waals surface area contributed by atoms with Gasteiger partial charge in [0.1, 0.15) is 5.75 Å². The Balaban J connectivity index is 1.54. The van der Waals surface area contributed by atoms with Crippen molar-refractivity contribution in [2.24, 2.45) is 0 Å². The first-order chi connectivity index (χ1) is 15.8. The summed E-state index contributed by atoms with van der Waals surface area (Å²) in [7, 11) is 0. The minimum atomic E-state index is -4.42. The van der Waals surface area contributed by atoms with Crippen molar-refractivity contribution < 1.29 is 27.8 Å². The molecule has 0 saturated heterocycles. The first-order valence-electron chi connectivity index (χ1n) is 10.8. The summed E-state index contributed by atoms with van der Waals surface area (Å²) in [4.78, 5) is 14.7. The molecule has 0 unspecified atom stereocenters. The Hall–Kier alpha value is -3.36. The number of aliphatic carboxylic acids is 1. The van der Waals surface area contributed by atoms with Crippen molar-refractivity contribution in [2.45, 2.75) is 51.6 Å². The van der Waals surface area contributed by atoms with Crippen molar-refractivity contribution >= 4 is 5.97 Å². The lowest BCUT2D eigenvalue weighted by Gasteiger charge is -2.07. The Bertz CT molecular complexity index is 1050. The van der Waals surface area contributed by atoms with E-state index in [0.29, 0.717) is 18.2 Å². The summed E-state index contributed by atoms with van der Waals surface area (Å²) >= 11 is 0. The predicted octanol–water partition coefficient (Wildman–Crippen LogP) is 5.27. The van der Waals surface area contributed by atoms with Crippen LogP contribution in [0.5, 0.6) is 5.75 Å². The number of aromatic nitrogens is 3. The molecule has 1 N–H and O–H groups in total. The molecule has 0 fully saturated rings. The third kappa shape index (κ3) is 7.06. The van der Waals surface area contributed by atoms with Crippen LogP contribution in [0.1, 0.15) is 48.6 Å². The number of hydrogen-bond acceptors (Lipinski definition) is 4. The minimum Gasteiger partial charge on any atom is -0.494 e. The van der Waals surface area contributed by atoms with Crippen molar-refractivity contribution in [3.8, 4) is 11.6 Å². The van der Waals surface area contributed by atoms with Crippen LogP contribution in [0.15, 0.2) is 48.8 Å². The van der Waals surface area contributed by atoms with Crippen LogP contribution in [-0.2, 0) is 30.2 Å². The van der Waals surface area contributed by atoms with Crippen LogP contribution in [0.3, 0.4) is 0 Å². The Kier molecular flexibility index (Phi) is 8.08. The third-order valence-corrected chi connectivity index (χ3v) is 5.06. The van der Waals surface area contributed by atoms with Gasteiger partial charge in [-0.1, -0.05) is 25.5 Å². The SMILES string of the molecule is CCCc1nn(-c2ccc(C(F)(F)F)cn2)cc1CCCCOc1ccc(CC(=O)O)cc1. The number of pyridine rings is 1. The van der Waals surface area contributed by atoms with E-state index in [1.165, 1.54) is 10.7 Å². The molecule has 9 heteroatoms. The zero-order valence-corrected chi connectivity index (χ0v) is 18.3. The van der Waals surface area contributed by atoms with Gasteiger partial charge in [0.15, 0.2) is 5.82 Å². The summed E-state index contributed by atoms with van der Waals surface area (Å²) in [5.74, 6) is 0.168. The number of aryl methyl sites for hydroxylation is 2. The number of carbonyl (C=O) groups is 1. The van der Waals surface area contributed by atoms with E-state index in [-0.39, 0.29) is 6.42 Å². The summed E-state index contributed by atoms with van der Waals surface area (Å²) in [5.41, 5.74) is 1.91. The highest BCUT2D eigenvalue weighted by Gasteiger charge is 2.30. The lowest BCUT2D eigenvalue weighted by atomic mass is 10.1. The van der Waals surface area contributed by atoms with E-state index >= 15 is 0 Å². The van der Waals surface area contributed by atoms with Crippen LogP contribution in [0, 0.1) is 0 Å². The van der Waals surface area contributed by atoms with Crippen molar-refractivity contribution in [3.05, 3.63) is 71.2 Å². The van der Waals surface area contributed by atoms with Gasteiger partial charge in [0.05, 0.1) is 24.3 Å². The summed E-state index contributed by atoms with van der Waals surface area (Å²) in [5, 5.41) is 13.3. The van der Waals surface area contributed by atoms with Gasteiger partial charge in [0, 0.05) is 12.4 Å². The molecule has 0 aliphatic carbocycles. The molecule has 0 saturated carbocycles. The molecular formula is C24H26F3N3O3. The van der Waals surface area contributed by atoms with Crippen molar-refractivity contribution in [1.82, 2.24) is 14.8 Å². The average molecular weight is 461 g/mol. The molecule has 0 amide bonds. The molecule has 0 aliphatic heterocycles. The lowest BCUT2D eigenvalue weighted by molar-refractivity contribution is -0.138. The topological polar surface area (TPSA) is 77.2 Å². The number of rotatable bonds is 11. The first kappa shape index (κ1) is 24.3. The van der Waals surface area contributed by atoms with Crippen LogP contribution in [-0.4, -0.2) is 32.4 Å². The highest BCUT2D eigenvalue weighted by Crippen LogP contribution is 2.28. The third-order valence-electron chi connectivity index (χ3n) is 5.06. The number of hydrogen-bond donors (Lipinski definition) is 1. The highest BCUT2D eigenvalue weighted by molar-refractivity contribution is 5.70. The number of nitrogens with zero attached hydrogens (tertiary/aromatic N) is 3. The number of carboxylic acid groups (broad SMARTS) is 1. The number of alkyl halides is 3. The Labute approximate surface area is 190 Å². The fourth-order valence-electron chi connectivity index (χ4n) is 3.39. The molecule has 2 aromatic heterocycles. The van der Waals surface area contributed by atoms with Crippen LogP contribution in [0.4, 0.5) is 13.2 Å². The van der Waals surface area contributed by atoms with Crippen LogP contribution in [0.2, 0.25) is 0 Å². The van der Waals surface area contributed by atoms with Gasteiger partial charge < -0.3 is 9.84 Å². The minimum absolute atomic E-state index is 0.0178. The van der Waals surface area contributed by atoms with Crippen LogP contribution < -0.4 is 4.74 Å². The summed E-state index contributed by atoms with van der Waals surface area (Å²) in [6, 6.07) is 9.34. The van der Waals surface area contributed by atoms with Gasteiger partial charge in [-0.05, 0) is 61.1 Å². The van der Waals surface area contributed by atoms with Gasteiger partial charge >= 0.3 is 12.1 Å². The van der Waals surface area contributed by atoms with E-state index in [9.17, 15) is 18.0 Å². The van der Waals surface area contributed by atoms with Crippen molar-refractivity contribution in [2.75, 3.05) is 6.61 Å². The Morgan fingerprint density at radius 3 is 2.45 bits per heavy atom. The molecule has 0 radical (unpaired) electrons. The van der Waals surface area contributed by atoms with Gasteiger partial charge in [0.2, 0.25) is 0 Å². The maximum absolute atomic E-state index is 12.8. The number of halogens is 3. The molecule has 6 nitrogen and oxygen atoms in total. The molecule has 0 bridgehead atoms. The molecule has 3 rings (SSSR count).